The summed E-state index contributed by atoms with van der Waals surface area (Å²) in [7, 11) is 0. The summed E-state index contributed by atoms with van der Waals surface area (Å²) < 4.78 is 5.22. The quantitative estimate of drug-likeness (QED) is 0.878. The van der Waals surface area contributed by atoms with Crippen molar-refractivity contribution in [3.63, 3.8) is 0 Å². The molecule has 2 N–H and O–H groups in total. The van der Waals surface area contributed by atoms with Crippen molar-refractivity contribution in [2.45, 2.75) is 65.1 Å². The molecule has 0 saturated heterocycles. The molecule has 2 rings (SSSR count). The second-order valence-electron chi connectivity index (χ2n) is 6.68. The van der Waals surface area contributed by atoms with Gasteiger partial charge in [-0.3, -0.25) is 0 Å². The van der Waals surface area contributed by atoms with Crippen LogP contribution in [0.25, 0.3) is 0 Å². The molecule has 1 atom stereocenters. The normalized spacial score (nSPS) is 15.6. The Morgan fingerprint density at radius 1 is 1.43 bits per heavy atom. The third-order valence-electron chi connectivity index (χ3n) is 3.37. The van der Waals surface area contributed by atoms with Crippen LogP contribution in [-0.2, 0) is 24.1 Å². The molecule has 1 aromatic heterocycles. The molecular weight excluding hydrogens is 284 g/mol. The lowest BCUT2D eigenvalue weighted by Gasteiger charge is -2.21. The van der Waals surface area contributed by atoms with Gasteiger partial charge in [-0.15, -0.1) is 11.3 Å². The van der Waals surface area contributed by atoms with Crippen LogP contribution < -0.4 is 10.6 Å². The van der Waals surface area contributed by atoms with Gasteiger partial charge in [0.2, 0.25) is 0 Å². The van der Waals surface area contributed by atoms with Crippen LogP contribution in [-0.4, -0.2) is 24.3 Å². The van der Waals surface area contributed by atoms with Crippen LogP contribution in [0.1, 0.15) is 49.4 Å². The lowest BCUT2D eigenvalue weighted by atomic mass is 10.2. The fourth-order valence-electron chi connectivity index (χ4n) is 2.38. The third-order valence-corrected chi connectivity index (χ3v) is 4.61. The Kier molecular flexibility index (Phi) is 5.27. The predicted octanol–water partition coefficient (Wildman–Crippen LogP) is 3.24. The minimum Gasteiger partial charge on any atom is -0.444 e. The number of hydrogen-bond acceptors (Lipinski definition) is 4. The zero-order valence-electron chi connectivity index (χ0n) is 13.4. The SMILES string of the molecule is CC(CNC(=O)OC(C)(C)C)NCc1cc2c(s1)CCC2. The van der Waals surface area contributed by atoms with E-state index < -0.39 is 5.60 Å². The minimum absolute atomic E-state index is 0.217. The first-order valence-electron chi connectivity index (χ1n) is 7.64. The van der Waals surface area contributed by atoms with E-state index in [-0.39, 0.29) is 12.1 Å². The van der Waals surface area contributed by atoms with Gasteiger partial charge in [-0.2, -0.15) is 0 Å². The van der Waals surface area contributed by atoms with Gasteiger partial charge in [-0.1, -0.05) is 0 Å². The Labute approximate surface area is 131 Å². The molecule has 0 radical (unpaired) electrons. The number of carbonyl (C=O) groups excluding carboxylic acids is 1. The predicted molar refractivity (Wildman–Crippen MR) is 86.9 cm³/mol. The van der Waals surface area contributed by atoms with Gasteiger partial charge >= 0.3 is 6.09 Å². The summed E-state index contributed by atoms with van der Waals surface area (Å²) >= 11 is 1.92. The molecule has 1 aliphatic rings. The zero-order chi connectivity index (χ0) is 15.5. The van der Waals surface area contributed by atoms with Crippen LogP contribution >= 0.6 is 11.3 Å². The summed E-state index contributed by atoms with van der Waals surface area (Å²) in [4.78, 5) is 14.5. The number of rotatable bonds is 5. The summed E-state index contributed by atoms with van der Waals surface area (Å²) in [6.45, 7) is 9.10. The second-order valence-corrected chi connectivity index (χ2v) is 7.90. The van der Waals surface area contributed by atoms with E-state index in [0.717, 1.165) is 6.54 Å². The summed E-state index contributed by atoms with van der Waals surface area (Å²) in [5.41, 5.74) is 1.09. The maximum atomic E-state index is 11.6. The van der Waals surface area contributed by atoms with Crippen molar-refractivity contribution in [3.8, 4) is 0 Å². The molecule has 1 unspecified atom stereocenters. The summed E-state index contributed by atoms with van der Waals surface area (Å²) in [5, 5.41) is 6.24. The molecule has 4 nitrogen and oxygen atoms in total. The maximum absolute atomic E-state index is 11.6. The Morgan fingerprint density at radius 3 is 2.86 bits per heavy atom. The lowest BCUT2D eigenvalue weighted by molar-refractivity contribution is 0.0523. The number of fused-ring (bicyclic) bond motifs is 1. The highest BCUT2D eigenvalue weighted by Crippen LogP contribution is 2.30. The smallest absolute Gasteiger partial charge is 0.407 e. The van der Waals surface area contributed by atoms with Crippen LogP contribution in [0.5, 0.6) is 0 Å². The molecular formula is C16H26N2O2S. The third kappa shape index (κ3) is 5.32. The molecule has 5 heteroatoms. The van der Waals surface area contributed by atoms with Crippen LogP contribution in [0.4, 0.5) is 4.79 Å². The van der Waals surface area contributed by atoms with Gasteiger partial charge < -0.3 is 15.4 Å². The van der Waals surface area contributed by atoms with E-state index in [1.165, 1.54) is 29.7 Å². The van der Waals surface area contributed by atoms with Gasteiger partial charge in [0.1, 0.15) is 5.60 Å². The van der Waals surface area contributed by atoms with Gasteiger partial charge in [0.05, 0.1) is 0 Å². The molecule has 0 spiro atoms. The van der Waals surface area contributed by atoms with Crippen LogP contribution in [0, 0.1) is 0 Å². The van der Waals surface area contributed by atoms with Gasteiger partial charge in [0.15, 0.2) is 0 Å². The highest BCUT2D eigenvalue weighted by molar-refractivity contribution is 7.12. The molecule has 1 aromatic rings. The summed E-state index contributed by atoms with van der Waals surface area (Å²) in [6.07, 6.45) is 3.44. The molecule has 0 saturated carbocycles. The number of amides is 1. The Bertz CT molecular complexity index is 469. The van der Waals surface area contributed by atoms with Gasteiger partial charge in [-0.25, -0.2) is 4.79 Å². The second kappa shape index (κ2) is 6.79. The van der Waals surface area contributed by atoms with E-state index >= 15 is 0 Å². The fraction of sp³-hybridized carbons (Fsp3) is 0.688. The highest BCUT2D eigenvalue weighted by atomic mass is 32.1. The Hall–Kier alpha value is -1.07. The number of aryl methyl sites for hydroxylation is 2. The number of alkyl carbamates (subject to hydrolysis) is 1. The zero-order valence-corrected chi connectivity index (χ0v) is 14.2. The largest absolute Gasteiger partial charge is 0.444 e. The van der Waals surface area contributed by atoms with E-state index in [4.69, 9.17) is 4.74 Å². The molecule has 0 fully saturated rings. The molecule has 21 heavy (non-hydrogen) atoms. The number of hydrogen-bond donors (Lipinski definition) is 2. The molecule has 0 aromatic carbocycles. The minimum atomic E-state index is -0.446. The van der Waals surface area contributed by atoms with E-state index in [1.807, 2.05) is 32.1 Å². The van der Waals surface area contributed by atoms with E-state index in [1.54, 1.807) is 4.88 Å². The monoisotopic (exact) mass is 310 g/mol. The average molecular weight is 310 g/mol. The van der Waals surface area contributed by atoms with E-state index in [9.17, 15) is 4.79 Å². The molecule has 0 bridgehead atoms. The first-order valence-corrected chi connectivity index (χ1v) is 8.46. The van der Waals surface area contributed by atoms with Crippen molar-refractivity contribution in [2.75, 3.05) is 6.54 Å². The molecule has 118 valence electrons. The Balaban J connectivity index is 1.67. The number of carbonyl (C=O) groups is 1. The van der Waals surface area contributed by atoms with Crippen molar-refractivity contribution in [3.05, 3.63) is 21.4 Å². The van der Waals surface area contributed by atoms with Crippen LogP contribution in [0.15, 0.2) is 6.07 Å². The van der Waals surface area contributed by atoms with Crippen LogP contribution in [0.2, 0.25) is 0 Å². The van der Waals surface area contributed by atoms with E-state index in [0.29, 0.717) is 6.54 Å². The standard InChI is InChI=1S/C16H26N2O2S/c1-11(9-18-15(19)20-16(2,3)4)17-10-13-8-12-6-5-7-14(12)21-13/h8,11,17H,5-7,9-10H2,1-4H3,(H,18,19). The summed E-state index contributed by atoms with van der Waals surface area (Å²) in [6, 6.07) is 2.54. The molecule has 0 aliphatic heterocycles. The lowest BCUT2D eigenvalue weighted by Crippen LogP contribution is -2.40. The van der Waals surface area contributed by atoms with Crippen molar-refractivity contribution < 1.29 is 9.53 Å². The van der Waals surface area contributed by atoms with Crippen LogP contribution in [0.3, 0.4) is 0 Å². The van der Waals surface area contributed by atoms with Crippen molar-refractivity contribution in [2.24, 2.45) is 0 Å². The van der Waals surface area contributed by atoms with Gasteiger partial charge in [-0.05, 0) is 58.6 Å². The molecule has 1 aliphatic carbocycles. The van der Waals surface area contributed by atoms with Crippen molar-refractivity contribution in [1.82, 2.24) is 10.6 Å². The molecule has 1 amide bonds. The Morgan fingerprint density at radius 2 is 2.19 bits per heavy atom. The van der Waals surface area contributed by atoms with Crippen molar-refractivity contribution in [1.29, 1.82) is 0 Å². The molecule has 1 heterocycles. The maximum Gasteiger partial charge on any atom is 0.407 e. The fourth-order valence-corrected chi connectivity index (χ4v) is 3.59. The topological polar surface area (TPSA) is 50.4 Å². The summed E-state index contributed by atoms with van der Waals surface area (Å²) in [5.74, 6) is 0. The van der Waals surface area contributed by atoms with Gasteiger partial charge in [0, 0.05) is 28.9 Å². The number of thiophene rings is 1. The number of ether oxygens (including phenoxy) is 1. The first-order chi connectivity index (χ1) is 9.83. The average Bonchev–Trinajstić information content (AvgIpc) is 2.92. The van der Waals surface area contributed by atoms with Crippen molar-refractivity contribution >= 4 is 17.4 Å². The van der Waals surface area contributed by atoms with Gasteiger partial charge in [0.25, 0.3) is 0 Å². The number of nitrogens with one attached hydrogen (secondary N) is 2. The first kappa shape index (κ1) is 16.3. The van der Waals surface area contributed by atoms with E-state index in [2.05, 4.69) is 23.6 Å². The highest BCUT2D eigenvalue weighted by Gasteiger charge is 2.17.